The predicted molar refractivity (Wildman–Crippen MR) is 48.9 cm³/mol. The molecule has 0 spiro atoms. The van der Waals surface area contributed by atoms with Gasteiger partial charge in [0.2, 0.25) is 5.91 Å². The second-order valence-electron chi connectivity index (χ2n) is 3.35. The summed E-state index contributed by atoms with van der Waals surface area (Å²) in [6.45, 7) is 8.29. The van der Waals surface area contributed by atoms with Crippen molar-refractivity contribution in [2.75, 3.05) is 26.7 Å². The summed E-state index contributed by atoms with van der Waals surface area (Å²) in [6, 6.07) is 0.314. The standard InChI is InChI=1S/C9H16N2O/c1-4-9(12)11-6-5-10(3)7-8(11)2/h4,8H,1,5-7H2,2-3H3/t8-/m0/s1. The van der Waals surface area contributed by atoms with Crippen molar-refractivity contribution in [2.24, 2.45) is 0 Å². The zero-order valence-electron chi connectivity index (χ0n) is 7.79. The van der Waals surface area contributed by atoms with Crippen LogP contribution in [-0.4, -0.2) is 48.4 Å². The Morgan fingerprint density at radius 2 is 2.25 bits per heavy atom. The maximum absolute atomic E-state index is 11.3. The fourth-order valence-corrected chi connectivity index (χ4v) is 1.58. The molecule has 68 valence electrons. The van der Waals surface area contributed by atoms with Crippen molar-refractivity contribution in [3.63, 3.8) is 0 Å². The van der Waals surface area contributed by atoms with E-state index in [9.17, 15) is 4.79 Å². The van der Waals surface area contributed by atoms with E-state index in [0.717, 1.165) is 19.6 Å². The van der Waals surface area contributed by atoms with Gasteiger partial charge in [-0.05, 0) is 20.0 Å². The van der Waals surface area contributed by atoms with E-state index in [-0.39, 0.29) is 5.91 Å². The van der Waals surface area contributed by atoms with Gasteiger partial charge in [-0.25, -0.2) is 0 Å². The maximum Gasteiger partial charge on any atom is 0.246 e. The molecule has 0 aromatic carbocycles. The molecule has 1 heterocycles. The first-order valence-electron chi connectivity index (χ1n) is 4.26. The molecule has 12 heavy (non-hydrogen) atoms. The van der Waals surface area contributed by atoms with Gasteiger partial charge < -0.3 is 9.80 Å². The summed E-state index contributed by atoms with van der Waals surface area (Å²) in [5.74, 6) is 0.0515. The van der Waals surface area contributed by atoms with Crippen molar-refractivity contribution in [1.82, 2.24) is 9.80 Å². The lowest BCUT2D eigenvalue weighted by atomic mass is 10.2. The van der Waals surface area contributed by atoms with E-state index >= 15 is 0 Å². The Bertz CT molecular complexity index is 191. The van der Waals surface area contributed by atoms with Crippen LogP contribution in [0.5, 0.6) is 0 Å². The quantitative estimate of drug-likeness (QED) is 0.527. The average Bonchev–Trinajstić information content (AvgIpc) is 2.03. The van der Waals surface area contributed by atoms with Gasteiger partial charge in [0.05, 0.1) is 0 Å². The fourth-order valence-electron chi connectivity index (χ4n) is 1.58. The van der Waals surface area contributed by atoms with Crippen molar-refractivity contribution >= 4 is 5.91 Å². The Morgan fingerprint density at radius 3 is 2.75 bits per heavy atom. The molecule has 1 aliphatic rings. The lowest BCUT2D eigenvalue weighted by Gasteiger charge is -2.37. The third-order valence-corrected chi connectivity index (χ3v) is 2.29. The second kappa shape index (κ2) is 3.72. The first kappa shape index (κ1) is 9.26. The number of likely N-dealkylation sites (N-methyl/N-ethyl adjacent to an activating group) is 1. The number of carbonyl (C=O) groups is 1. The second-order valence-corrected chi connectivity index (χ2v) is 3.35. The molecule has 0 saturated carbocycles. The molecule has 1 rings (SSSR count). The van der Waals surface area contributed by atoms with Gasteiger partial charge in [0, 0.05) is 25.7 Å². The summed E-state index contributed by atoms with van der Waals surface area (Å²) in [6.07, 6.45) is 1.39. The molecule has 3 nitrogen and oxygen atoms in total. The zero-order chi connectivity index (χ0) is 9.14. The van der Waals surface area contributed by atoms with Gasteiger partial charge in [-0.1, -0.05) is 6.58 Å². The zero-order valence-corrected chi connectivity index (χ0v) is 7.79. The highest BCUT2D eigenvalue weighted by atomic mass is 16.2. The van der Waals surface area contributed by atoms with Crippen LogP contribution in [0.4, 0.5) is 0 Å². The third-order valence-electron chi connectivity index (χ3n) is 2.29. The molecule has 0 aromatic heterocycles. The van der Waals surface area contributed by atoms with Crippen LogP contribution in [0.2, 0.25) is 0 Å². The normalized spacial score (nSPS) is 25.5. The number of carbonyl (C=O) groups excluding carboxylic acids is 1. The van der Waals surface area contributed by atoms with Crippen LogP contribution in [0.15, 0.2) is 12.7 Å². The monoisotopic (exact) mass is 168 g/mol. The molecule has 0 aromatic rings. The molecule has 1 aliphatic heterocycles. The van der Waals surface area contributed by atoms with Gasteiger partial charge in [-0.3, -0.25) is 4.79 Å². The predicted octanol–water partition coefficient (Wildman–Crippen LogP) is 0.335. The topological polar surface area (TPSA) is 23.6 Å². The van der Waals surface area contributed by atoms with Crippen LogP contribution in [0, 0.1) is 0 Å². The highest BCUT2D eigenvalue weighted by Gasteiger charge is 2.23. The summed E-state index contributed by atoms with van der Waals surface area (Å²) in [7, 11) is 2.08. The highest BCUT2D eigenvalue weighted by Crippen LogP contribution is 2.07. The van der Waals surface area contributed by atoms with Gasteiger partial charge in [0.25, 0.3) is 0 Å². The Morgan fingerprint density at radius 1 is 1.58 bits per heavy atom. The molecule has 0 radical (unpaired) electrons. The van der Waals surface area contributed by atoms with Crippen molar-refractivity contribution in [2.45, 2.75) is 13.0 Å². The molecule has 1 saturated heterocycles. The molecular weight excluding hydrogens is 152 g/mol. The van der Waals surface area contributed by atoms with Crippen molar-refractivity contribution in [1.29, 1.82) is 0 Å². The Labute approximate surface area is 73.6 Å². The number of amides is 1. The Hall–Kier alpha value is -0.830. The van der Waals surface area contributed by atoms with E-state index in [2.05, 4.69) is 25.5 Å². The molecule has 1 fully saturated rings. The molecule has 3 heteroatoms. The molecule has 0 unspecified atom stereocenters. The van der Waals surface area contributed by atoms with E-state index in [1.54, 1.807) is 0 Å². The lowest BCUT2D eigenvalue weighted by molar-refractivity contribution is -0.130. The van der Waals surface area contributed by atoms with Crippen LogP contribution < -0.4 is 0 Å². The van der Waals surface area contributed by atoms with E-state index in [1.807, 2.05) is 4.90 Å². The third kappa shape index (κ3) is 1.85. The summed E-state index contributed by atoms with van der Waals surface area (Å²) in [4.78, 5) is 15.4. The van der Waals surface area contributed by atoms with Gasteiger partial charge in [0.15, 0.2) is 0 Å². The first-order valence-corrected chi connectivity index (χ1v) is 4.26. The minimum Gasteiger partial charge on any atom is -0.334 e. The van der Waals surface area contributed by atoms with E-state index in [1.165, 1.54) is 6.08 Å². The van der Waals surface area contributed by atoms with Gasteiger partial charge in [-0.2, -0.15) is 0 Å². The van der Waals surface area contributed by atoms with E-state index in [0.29, 0.717) is 6.04 Å². The summed E-state index contributed by atoms with van der Waals surface area (Å²) in [5.41, 5.74) is 0. The van der Waals surface area contributed by atoms with Gasteiger partial charge in [-0.15, -0.1) is 0 Å². The first-order chi connectivity index (χ1) is 5.65. The van der Waals surface area contributed by atoms with Crippen molar-refractivity contribution < 1.29 is 4.79 Å². The van der Waals surface area contributed by atoms with E-state index in [4.69, 9.17) is 0 Å². The summed E-state index contributed by atoms with van der Waals surface area (Å²) >= 11 is 0. The number of nitrogens with zero attached hydrogens (tertiary/aromatic N) is 2. The van der Waals surface area contributed by atoms with Crippen LogP contribution in [0.25, 0.3) is 0 Å². The average molecular weight is 168 g/mol. The number of piperazine rings is 1. The van der Waals surface area contributed by atoms with Crippen molar-refractivity contribution in [3.05, 3.63) is 12.7 Å². The van der Waals surface area contributed by atoms with Gasteiger partial charge in [0.1, 0.15) is 0 Å². The van der Waals surface area contributed by atoms with Gasteiger partial charge >= 0.3 is 0 Å². The summed E-state index contributed by atoms with van der Waals surface area (Å²) < 4.78 is 0. The molecule has 0 bridgehead atoms. The largest absolute Gasteiger partial charge is 0.334 e. The van der Waals surface area contributed by atoms with Crippen LogP contribution in [-0.2, 0) is 4.79 Å². The minimum atomic E-state index is 0.0515. The van der Waals surface area contributed by atoms with Crippen LogP contribution in [0.3, 0.4) is 0 Å². The molecule has 1 amide bonds. The number of rotatable bonds is 1. The Kier molecular flexibility index (Phi) is 2.87. The van der Waals surface area contributed by atoms with Crippen molar-refractivity contribution in [3.8, 4) is 0 Å². The van der Waals surface area contributed by atoms with Crippen LogP contribution >= 0.6 is 0 Å². The SMILES string of the molecule is C=CC(=O)N1CCN(C)C[C@@H]1C. The minimum absolute atomic E-state index is 0.0515. The smallest absolute Gasteiger partial charge is 0.246 e. The van der Waals surface area contributed by atoms with Crippen LogP contribution in [0.1, 0.15) is 6.92 Å². The molecule has 0 aliphatic carbocycles. The number of hydrogen-bond acceptors (Lipinski definition) is 2. The maximum atomic E-state index is 11.3. The molecule has 1 atom stereocenters. The summed E-state index contributed by atoms with van der Waals surface area (Å²) in [5, 5.41) is 0. The number of hydrogen-bond donors (Lipinski definition) is 0. The fraction of sp³-hybridized carbons (Fsp3) is 0.667. The van der Waals surface area contributed by atoms with E-state index < -0.39 is 0 Å². The molecule has 0 N–H and O–H groups in total. The highest BCUT2D eigenvalue weighted by molar-refractivity contribution is 5.87. The molecular formula is C9H16N2O. The Balaban J connectivity index is 2.55. The lowest BCUT2D eigenvalue weighted by Crippen LogP contribution is -2.52.